The van der Waals surface area contributed by atoms with Crippen LogP contribution in [0.4, 0.5) is 0 Å². The van der Waals surface area contributed by atoms with Crippen LogP contribution in [0.5, 0.6) is 0 Å². The molecule has 0 saturated heterocycles. The highest BCUT2D eigenvalue weighted by molar-refractivity contribution is 6.04. The second-order valence-corrected chi connectivity index (χ2v) is 6.59. The van der Waals surface area contributed by atoms with Crippen molar-refractivity contribution < 1.29 is 4.79 Å². The zero-order chi connectivity index (χ0) is 18.8. The Morgan fingerprint density at radius 2 is 1.89 bits per heavy atom. The van der Waals surface area contributed by atoms with Gasteiger partial charge in [0.2, 0.25) is 5.91 Å². The number of nitrogens with zero attached hydrogens (tertiary/aromatic N) is 2. The maximum absolute atomic E-state index is 12.7. The number of benzene rings is 2. The molecule has 0 bridgehead atoms. The van der Waals surface area contributed by atoms with E-state index in [1.54, 1.807) is 0 Å². The first-order valence-corrected chi connectivity index (χ1v) is 8.93. The molecule has 2 aromatic heterocycles. The molecule has 0 fully saturated rings. The maximum atomic E-state index is 12.7. The van der Waals surface area contributed by atoms with Crippen LogP contribution >= 0.6 is 0 Å². The van der Waals surface area contributed by atoms with Gasteiger partial charge in [-0.2, -0.15) is 0 Å². The fourth-order valence-corrected chi connectivity index (χ4v) is 3.26. The Hall–Kier alpha value is -3.41. The lowest BCUT2D eigenvalue weighted by atomic mass is 10.1. The molecule has 0 radical (unpaired) electrons. The zero-order valence-corrected chi connectivity index (χ0v) is 15.0. The molecule has 2 N–H and O–H groups in total. The molecule has 6 heteroatoms. The number of aromatic nitrogens is 3. The van der Waals surface area contributed by atoms with Crippen LogP contribution in [-0.2, 0) is 11.3 Å². The Balaban J connectivity index is 1.49. The Kier molecular flexibility index (Phi) is 4.46. The van der Waals surface area contributed by atoms with Crippen molar-refractivity contribution >= 4 is 27.8 Å². The van der Waals surface area contributed by atoms with Gasteiger partial charge in [0, 0.05) is 23.9 Å². The van der Waals surface area contributed by atoms with Gasteiger partial charge in [0.1, 0.15) is 11.0 Å². The molecule has 0 spiro atoms. The number of hydrogen-bond donors (Lipinski definition) is 2. The molecule has 2 aromatic carbocycles. The van der Waals surface area contributed by atoms with E-state index in [0.717, 1.165) is 16.5 Å². The highest BCUT2D eigenvalue weighted by Crippen LogP contribution is 2.20. The maximum Gasteiger partial charge on any atom is 0.277 e. The summed E-state index contributed by atoms with van der Waals surface area (Å²) in [5.74, 6) is -0.102. The summed E-state index contributed by atoms with van der Waals surface area (Å²) in [7, 11) is 0. The Morgan fingerprint density at radius 3 is 2.70 bits per heavy atom. The van der Waals surface area contributed by atoms with Crippen molar-refractivity contribution in [3.63, 3.8) is 0 Å². The fraction of sp³-hybridized carbons (Fsp3) is 0.190. The van der Waals surface area contributed by atoms with Crippen molar-refractivity contribution in [1.29, 1.82) is 0 Å². The van der Waals surface area contributed by atoms with Crippen LogP contribution in [0.15, 0.2) is 65.7 Å². The smallest absolute Gasteiger partial charge is 0.277 e. The number of nitrogens with one attached hydrogen (secondary N) is 2. The van der Waals surface area contributed by atoms with Crippen LogP contribution in [0.3, 0.4) is 0 Å². The minimum atomic E-state index is -0.167. The lowest BCUT2D eigenvalue weighted by Gasteiger charge is -2.14. The van der Waals surface area contributed by atoms with E-state index in [0.29, 0.717) is 11.0 Å². The minimum absolute atomic E-state index is 0.0790. The second kappa shape index (κ2) is 7.07. The number of fused-ring (bicyclic) bond motifs is 3. The van der Waals surface area contributed by atoms with Gasteiger partial charge in [-0.25, -0.2) is 4.98 Å². The topological polar surface area (TPSA) is 79.8 Å². The number of amides is 1. The van der Waals surface area contributed by atoms with E-state index in [-0.39, 0.29) is 30.5 Å². The molecule has 4 rings (SSSR count). The molecule has 27 heavy (non-hydrogen) atoms. The number of hydrogen-bond acceptors (Lipinski definition) is 3. The molecular weight excluding hydrogens is 340 g/mol. The largest absolute Gasteiger partial charge is 0.350 e. The lowest BCUT2D eigenvalue weighted by molar-refractivity contribution is -0.121. The summed E-state index contributed by atoms with van der Waals surface area (Å²) in [6.07, 6.45) is 1.73. The third-order valence-corrected chi connectivity index (χ3v) is 4.74. The second-order valence-electron chi connectivity index (χ2n) is 6.59. The predicted octanol–water partition coefficient (Wildman–Crippen LogP) is 3.15. The summed E-state index contributed by atoms with van der Waals surface area (Å²) in [5.41, 5.74) is 2.89. The summed E-state index contributed by atoms with van der Waals surface area (Å²) in [5, 5.41) is 3.88. The van der Waals surface area contributed by atoms with Gasteiger partial charge in [-0.15, -0.1) is 0 Å². The average Bonchev–Trinajstić information content (AvgIpc) is 3.08. The molecule has 0 saturated carbocycles. The van der Waals surface area contributed by atoms with Crippen LogP contribution in [0.25, 0.3) is 21.9 Å². The molecule has 4 aromatic rings. The lowest BCUT2D eigenvalue weighted by Crippen LogP contribution is -2.29. The average molecular weight is 360 g/mol. The summed E-state index contributed by atoms with van der Waals surface area (Å²) in [4.78, 5) is 32.5. The van der Waals surface area contributed by atoms with E-state index < -0.39 is 0 Å². The monoisotopic (exact) mass is 360 g/mol. The summed E-state index contributed by atoms with van der Waals surface area (Å²) >= 11 is 0. The molecule has 1 atom stereocenters. The third-order valence-electron chi connectivity index (χ3n) is 4.74. The van der Waals surface area contributed by atoms with E-state index in [9.17, 15) is 9.59 Å². The van der Waals surface area contributed by atoms with Crippen LogP contribution in [-0.4, -0.2) is 20.4 Å². The Bertz CT molecular complexity index is 1160. The number of aromatic amines is 1. The highest BCUT2D eigenvalue weighted by atomic mass is 16.2. The van der Waals surface area contributed by atoms with E-state index in [1.165, 1.54) is 10.9 Å². The first-order chi connectivity index (χ1) is 13.1. The van der Waals surface area contributed by atoms with Gasteiger partial charge in [-0.05, 0) is 18.6 Å². The standard InChI is InChI=1S/C21H20N4O2/c1-14(15-7-3-2-4-8-15)23-18(26)11-12-25-13-22-19-16-9-5-6-10-17(16)24-20(19)21(25)27/h2-10,13-14,24H,11-12H2,1H3,(H,23,26). The number of para-hydroxylation sites is 1. The summed E-state index contributed by atoms with van der Waals surface area (Å²) in [6, 6.07) is 17.4. The van der Waals surface area contributed by atoms with Crippen molar-refractivity contribution in [2.75, 3.05) is 0 Å². The van der Waals surface area contributed by atoms with Crippen LogP contribution in [0.2, 0.25) is 0 Å². The molecule has 6 nitrogen and oxygen atoms in total. The van der Waals surface area contributed by atoms with Crippen LogP contribution in [0, 0.1) is 0 Å². The number of rotatable bonds is 5. The van der Waals surface area contributed by atoms with E-state index in [4.69, 9.17) is 0 Å². The zero-order valence-electron chi connectivity index (χ0n) is 15.0. The SMILES string of the molecule is CC(NC(=O)CCn1cnc2c([nH]c3ccccc32)c1=O)c1ccccc1. The molecule has 136 valence electrons. The van der Waals surface area contributed by atoms with Gasteiger partial charge < -0.3 is 10.3 Å². The van der Waals surface area contributed by atoms with Gasteiger partial charge in [-0.1, -0.05) is 48.5 Å². The normalized spacial score (nSPS) is 12.3. The summed E-state index contributed by atoms with van der Waals surface area (Å²) < 4.78 is 1.48. The molecule has 1 amide bonds. The molecular formula is C21H20N4O2. The first kappa shape index (κ1) is 17.0. The van der Waals surface area contributed by atoms with Crippen molar-refractivity contribution in [2.45, 2.75) is 25.9 Å². The first-order valence-electron chi connectivity index (χ1n) is 8.93. The molecule has 0 aliphatic rings. The van der Waals surface area contributed by atoms with Gasteiger partial charge >= 0.3 is 0 Å². The highest BCUT2D eigenvalue weighted by Gasteiger charge is 2.12. The van der Waals surface area contributed by atoms with E-state index in [1.807, 2.05) is 61.5 Å². The predicted molar refractivity (Wildman–Crippen MR) is 105 cm³/mol. The van der Waals surface area contributed by atoms with Crippen molar-refractivity contribution in [3.8, 4) is 0 Å². The Morgan fingerprint density at radius 1 is 1.15 bits per heavy atom. The third kappa shape index (κ3) is 3.33. The quantitative estimate of drug-likeness (QED) is 0.574. The molecule has 1 unspecified atom stereocenters. The van der Waals surface area contributed by atoms with Crippen LogP contribution < -0.4 is 10.9 Å². The Labute approximate surface area is 155 Å². The van der Waals surface area contributed by atoms with Gasteiger partial charge in [0.25, 0.3) is 5.56 Å². The van der Waals surface area contributed by atoms with Crippen LogP contribution in [0.1, 0.15) is 24.9 Å². The van der Waals surface area contributed by atoms with Crippen molar-refractivity contribution in [3.05, 3.63) is 76.8 Å². The fourth-order valence-electron chi connectivity index (χ4n) is 3.26. The van der Waals surface area contributed by atoms with Gasteiger partial charge in [0.05, 0.1) is 12.4 Å². The molecule has 0 aliphatic heterocycles. The number of carbonyl (C=O) groups is 1. The van der Waals surface area contributed by atoms with Crippen molar-refractivity contribution in [1.82, 2.24) is 19.9 Å². The van der Waals surface area contributed by atoms with E-state index >= 15 is 0 Å². The van der Waals surface area contributed by atoms with Gasteiger partial charge in [0.15, 0.2) is 0 Å². The molecule has 0 aliphatic carbocycles. The van der Waals surface area contributed by atoms with Crippen molar-refractivity contribution in [2.24, 2.45) is 0 Å². The minimum Gasteiger partial charge on any atom is -0.350 e. The number of H-pyrrole nitrogens is 1. The number of carbonyl (C=O) groups excluding carboxylic acids is 1. The van der Waals surface area contributed by atoms with E-state index in [2.05, 4.69) is 15.3 Å². The van der Waals surface area contributed by atoms with Gasteiger partial charge in [-0.3, -0.25) is 14.2 Å². The molecule has 2 heterocycles. The number of aryl methyl sites for hydroxylation is 1. The summed E-state index contributed by atoms with van der Waals surface area (Å²) in [6.45, 7) is 2.22.